The molecule has 0 aliphatic carbocycles. The third-order valence-corrected chi connectivity index (χ3v) is 8.95. The number of aromatic nitrogens is 1. The number of para-hydroxylation sites is 1. The fourth-order valence-corrected chi connectivity index (χ4v) is 6.94. The first-order chi connectivity index (χ1) is 17.3. The van der Waals surface area contributed by atoms with Gasteiger partial charge in [-0.15, -0.1) is 0 Å². The fourth-order valence-electron chi connectivity index (χ4n) is 5.16. The predicted molar refractivity (Wildman–Crippen MR) is 135 cm³/mol. The summed E-state index contributed by atoms with van der Waals surface area (Å²) in [6.07, 6.45) is 4.86. The van der Waals surface area contributed by atoms with Crippen molar-refractivity contribution in [2.75, 3.05) is 18.0 Å². The second-order valence-corrected chi connectivity index (χ2v) is 11.3. The Balaban J connectivity index is 1.40. The molecule has 3 heterocycles. The Morgan fingerprint density at radius 3 is 2.69 bits per heavy atom. The average molecular weight is 510 g/mol. The lowest BCUT2D eigenvalue weighted by Crippen LogP contribution is -2.48. The average Bonchev–Trinajstić information content (AvgIpc) is 3.42. The van der Waals surface area contributed by atoms with Gasteiger partial charge in [0.15, 0.2) is 10.7 Å². The summed E-state index contributed by atoms with van der Waals surface area (Å²) in [6.45, 7) is 3.98. The number of hydrogen-bond acceptors (Lipinski definition) is 5. The van der Waals surface area contributed by atoms with E-state index in [4.69, 9.17) is 4.52 Å². The SMILES string of the molecule is Cc1noc(/C=C/c2ccccc2F)c1S(=O)(=O)N1CCC[C@@H](C(=O)N2c3ccccc3C[C@@H]2C)C1. The van der Waals surface area contributed by atoms with Crippen LogP contribution in [0.4, 0.5) is 10.1 Å². The number of halogens is 1. The van der Waals surface area contributed by atoms with Gasteiger partial charge >= 0.3 is 0 Å². The molecular weight excluding hydrogens is 481 g/mol. The minimum Gasteiger partial charge on any atom is -0.355 e. The van der Waals surface area contributed by atoms with Gasteiger partial charge in [-0.1, -0.05) is 41.6 Å². The van der Waals surface area contributed by atoms with Gasteiger partial charge < -0.3 is 9.42 Å². The van der Waals surface area contributed by atoms with Crippen LogP contribution in [0.25, 0.3) is 12.2 Å². The number of fused-ring (bicyclic) bond motifs is 1. The van der Waals surface area contributed by atoms with E-state index < -0.39 is 21.8 Å². The van der Waals surface area contributed by atoms with Crippen LogP contribution in [0.1, 0.15) is 42.3 Å². The molecule has 0 N–H and O–H groups in total. The van der Waals surface area contributed by atoms with Crippen LogP contribution in [-0.2, 0) is 21.2 Å². The quantitative estimate of drug-likeness (QED) is 0.499. The minimum absolute atomic E-state index is 0.0253. The molecule has 0 radical (unpaired) electrons. The maximum Gasteiger partial charge on any atom is 0.248 e. The Kier molecular flexibility index (Phi) is 6.53. The van der Waals surface area contributed by atoms with Gasteiger partial charge in [0.1, 0.15) is 11.5 Å². The monoisotopic (exact) mass is 509 g/mol. The molecule has 0 unspecified atom stereocenters. The topological polar surface area (TPSA) is 83.7 Å². The summed E-state index contributed by atoms with van der Waals surface area (Å²) in [4.78, 5) is 15.4. The second kappa shape index (κ2) is 9.63. The second-order valence-electron chi connectivity index (χ2n) is 9.41. The molecule has 0 saturated carbocycles. The molecule has 36 heavy (non-hydrogen) atoms. The molecule has 3 aromatic rings. The lowest BCUT2D eigenvalue weighted by molar-refractivity contribution is -0.123. The van der Waals surface area contributed by atoms with Gasteiger partial charge in [-0.25, -0.2) is 12.8 Å². The number of carbonyl (C=O) groups excluding carboxylic acids is 1. The van der Waals surface area contributed by atoms with Crippen molar-refractivity contribution in [2.45, 2.75) is 44.0 Å². The molecule has 1 aromatic heterocycles. The molecule has 2 aromatic carbocycles. The number of hydrogen-bond donors (Lipinski definition) is 0. The third-order valence-electron chi connectivity index (χ3n) is 6.93. The first kappa shape index (κ1) is 24.4. The van der Waals surface area contributed by atoms with Crippen molar-refractivity contribution in [3.63, 3.8) is 0 Å². The van der Waals surface area contributed by atoms with Crippen LogP contribution in [-0.4, -0.2) is 42.9 Å². The van der Waals surface area contributed by atoms with E-state index in [9.17, 15) is 17.6 Å². The Morgan fingerprint density at radius 1 is 1.14 bits per heavy atom. The summed E-state index contributed by atoms with van der Waals surface area (Å²) >= 11 is 0. The molecule has 1 fully saturated rings. The number of sulfonamides is 1. The van der Waals surface area contributed by atoms with Gasteiger partial charge in [0.2, 0.25) is 15.9 Å². The molecule has 1 saturated heterocycles. The van der Waals surface area contributed by atoms with Crippen molar-refractivity contribution < 1.29 is 22.1 Å². The predicted octanol–water partition coefficient (Wildman–Crippen LogP) is 4.67. The van der Waals surface area contributed by atoms with Gasteiger partial charge in [-0.3, -0.25) is 4.79 Å². The Hall–Kier alpha value is -3.30. The first-order valence-electron chi connectivity index (χ1n) is 12.1. The van der Waals surface area contributed by atoms with Gasteiger partial charge in [0.05, 0.1) is 5.92 Å². The van der Waals surface area contributed by atoms with Gasteiger partial charge in [0, 0.05) is 30.4 Å². The molecule has 188 valence electrons. The highest BCUT2D eigenvalue weighted by Gasteiger charge is 2.40. The normalized spacial score (nSPS) is 20.7. The Labute approximate surface area is 210 Å². The summed E-state index contributed by atoms with van der Waals surface area (Å²) in [5.41, 5.74) is 2.56. The van der Waals surface area contributed by atoms with E-state index in [2.05, 4.69) is 5.16 Å². The highest BCUT2D eigenvalue weighted by Crippen LogP contribution is 2.35. The number of benzene rings is 2. The number of anilines is 1. The Bertz CT molecular complexity index is 1430. The van der Waals surface area contributed by atoms with E-state index in [0.717, 1.165) is 17.7 Å². The number of nitrogens with zero attached hydrogens (tertiary/aromatic N) is 3. The zero-order chi connectivity index (χ0) is 25.4. The zero-order valence-electron chi connectivity index (χ0n) is 20.2. The van der Waals surface area contributed by atoms with Crippen molar-refractivity contribution in [2.24, 2.45) is 5.92 Å². The summed E-state index contributed by atoms with van der Waals surface area (Å²) in [7, 11) is -4.00. The summed E-state index contributed by atoms with van der Waals surface area (Å²) < 4.78 is 48.1. The molecule has 2 atom stereocenters. The maximum absolute atomic E-state index is 14.0. The minimum atomic E-state index is -4.00. The highest BCUT2D eigenvalue weighted by atomic mass is 32.2. The number of aryl methyl sites for hydroxylation is 1. The zero-order valence-corrected chi connectivity index (χ0v) is 21.0. The first-order valence-corrected chi connectivity index (χ1v) is 13.5. The molecule has 0 bridgehead atoms. The summed E-state index contributed by atoms with van der Waals surface area (Å²) in [5, 5.41) is 3.86. The largest absolute Gasteiger partial charge is 0.355 e. The number of piperidine rings is 1. The van der Waals surface area contributed by atoms with Crippen LogP contribution in [0.3, 0.4) is 0 Å². The van der Waals surface area contributed by atoms with Crippen LogP contribution >= 0.6 is 0 Å². The molecule has 9 heteroatoms. The van der Waals surface area contributed by atoms with Crippen LogP contribution in [0.15, 0.2) is 57.9 Å². The van der Waals surface area contributed by atoms with Crippen molar-refractivity contribution in [1.29, 1.82) is 0 Å². The van der Waals surface area contributed by atoms with Crippen molar-refractivity contribution in [1.82, 2.24) is 9.46 Å². The lowest BCUT2D eigenvalue weighted by atomic mass is 9.97. The van der Waals surface area contributed by atoms with E-state index >= 15 is 0 Å². The fraction of sp³-hybridized carbons (Fsp3) is 0.333. The van der Waals surface area contributed by atoms with E-state index in [-0.39, 0.29) is 34.8 Å². The van der Waals surface area contributed by atoms with Crippen molar-refractivity contribution in [3.8, 4) is 0 Å². The molecule has 5 rings (SSSR count). The third kappa shape index (κ3) is 4.37. The van der Waals surface area contributed by atoms with E-state index in [0.29, 0.717) is 24.9 Å². The van der Waals surface area contributed by atoms with E-state index in [1.165, 1.54) is 22.5 Å². The van der Waals surface area contributed by atoms with Crippen LogP contribution in [0.2, 0.25) is 0 Å². The maximum atomic E-state index is 14.0. The van der Waals surface area contributed by atoms with E-state index in [1.807, 2.05) is 36.1 Å². The number of carbonyl (C=O) groups is 1. The standard InChI is InChI=1S/C27H28FN3O4S/c1-18-16-21-9-4-6-12-24(21)31(18)27(32)22-10-7-15-30(17-22)36(33,34)26-19(2)29-35-25(26)14-13-20-8-3-5-11-23(20)28/h3-6,8-9,11-14,18,22H,7,10,15-17H2,1-2H3/b14-13+/t18-,22+/m0/s1. The van der Waals surface area contributed by atoms with Crippen LogP contribution in [0.5, 0.6) is 0 Å². The van der Waals surface area contributed by atoms with Crippen LogP contribution < -0.4 is 4.90 Å². The summed E-state index contributed by atoms with van der Waals surface area (Å²) in [6, 6.07) is 14.1. The number of rotatable bonds is 5. The molecule has 2 aliphatic heterocycles. The molecular formula is C27H28FN3O4S. The smallest absolute Gasteiger partial charge is 0.248 e. The molecule has 1 amide bonds. The van der Waals surface area contributed by atoms with Gasteiger partial charge in [-0.05, 0) is 63.0 Å². The molecule has 7 nitrogen and oxygen atoms in total. The van der Waals surface area contributed by atoms with Crippen molar-refractivity contribution >= 4 is 33.8 Å². The molecule has 0 spiro atoms. The van der Waals surface area contributed by atoms with Crippen LogP contribution in [0, 0.1) is 18.7 Å². The highest BCUT2D eigenvalue weighted by molar-refractivity contribution is 7.89. The van der Waals surface area contributed by atoms with Crippen molar-refractivity contribution in [3.05, 3.63) is 76.9 Å². The Morgan fingerprint density at radius 2 is 1.89 bits per heavy atom. The number of amides is 1. The van der Waals surface area contributed by atoms with Gasteiger partial charge in [-0.2, -0.15) is 4.31 Å². The lowest BCUT2D eigenvalue weighted by Gasteiger charge is -2.34. The summed E-state index contributed by atoms with van der Waals surface area (Å²) in [5.74, 6) is -0.885. The van der Waals surface area contributed by atoms with E-state index in [1.54, 1.807) is 25.1 Å². The molecule has 2 aliphatic rings. The van der Waals surface area contributed by atoms with Gasteiger partial charge in [0.25, 0.3) is 0 Å².